The number of hydrogen-bond donors (Lipinski definition) is 0. The van der Waals surface area contributed by atoms with Crippen LogP contribution in [0, 0.1) is 0 Å². The lowest BCUT2D eigenvalue weighted by Crippen LogP contribution is -2.39. The Kier molecular flexibility index (Phi) is 6.93. The van der Waals surface area contributed by atoms with Crippen molar-refractivity contribution in [3.8, 4) is 0 Å². The van der Waals surface area contributed by atoms with Gasteiger partial charge in [0, 0.05) is 39.6 Å². The lowest BCUT2D eigenvalue weighted by Gasteiger charge is -2.25. The second-order valence-corrected chi connectivity index (χ2v) is 9.78. The highest BCUT2D eigenvalue weighted by molar-refractivity contribution is 7.07. The SMILES string of the molecule is CCOC(=O)C1=C(C)N=c2s/c(=C\c3ccc(N(C)C)cc3)c(=O)n2C1c1ccc(N(C)C)cc1. The van der Waals surface area contributed by atoms with Crippen LogP contribution in [-0.4, -0.2) is 45.3 Å². The summed E-state index contributed by atoms with van der Waals surface area (Å²) >= 11 is 1.33. The van der Waals surface area contributed by atoms with Crippen LogP contribution in [0.15, 0.2) is 69.6 Å². The number of anilines is 2. The summed E-state index contributed by atoms with van der Waals surface area (Å²) in [4.78, 5) is 35.9. The molecule has 0 N–H and O–H groups in total. The van der Waals surface area contributed by atoms with Crippen LogP contribution in [0.25, 0.3) is 6.08 Å². The maximum absolute atomic E-state index is 13.7. The Labute approximate surface area is 208 Å². The van der Waals surface area contributed by atoms with Crippen LogP contribution in [0.3, 0.4) is 0 Å². The molecule has 1 aliphatic heterocycles. The predicted molar refractivity (Wildman–Crippen MR) is 142 cm³/mol. The van der Waals surface area contributed by atoms with E-state index in [4.69, 9.17) is 4.74 Å². The largest absolute Gasteiger partial charge is 0.463 e. The number of thiazole rings is 1. The molecular formula is C27H30N4O3S. The van der Waals surface area contributed by atoms with E-state index >= 15 is 0 Å². The highest BCUT2D eigenvalue weighted by Crippen LogP contribution is 2.31. The first-order valence-corrected chi connectivity index (χ1v) is 12.3. The number of aromatic nitrogens is 1. The monoisotopic (exact) mass is 490 g/mol. The minimum atomic E-state index is -0.611. The Morgan fingerprint density at radius 2 is 1.60 bits per heavy atom. The summed E-state index contributed by atoms with van der Waals surface area (Å²) in [5.41, 5.74) is 4.64. The van der Waals surface area contributed by atoms with E-state index in [-0.39, 0.29) is 12.2 Å². The number of carbonyl (C=O) groups excluding carboxylic acids is 1. The van der Waals surface area contributed by atoms with Gasteiger partial charge in [-0.25, -0.2) is 9.79 Å². The lowest BCUT2D eigenvalue weighted by atomic mass is 9.95. The van der Waals surface area contributed by atoms with Gasteiger partial charge < -0.3 is 14.5 Å². The van der Waals surface area contributed by atoms with E-state index in [0.29, 0.717) is 20.6 Å². The van der Waals surface area contributed by atoms with Crippen molar-refractivity contribution in [3.63, 3.8) is 0 Å². The third-order valence-electron chi connectivity index (χ3n) is 5.95. The van der Waals surface area contributed by atoms with Crippen LogP contribution in [0.1, 0.15) is 31.0 Å². The van der Waals surface area contributed by atoms with Crippen LogP contribution in [0.4, 0.5) is 11.4 Å². The maximum atomic E-state index is 13.7. The molecule has 0 saturated heterocycles. The summed E-state index contributed by atoms with van der Waals surface area (Å²) < 4.78 is 7.55. The molecule has 7 nitrogen and oxygen atoms in total. The summed E-state index contributed by atoms with van der Waals surface area (Å²) in [6, 6.07) is 15.3. The lowest BCUT2D eigenvalue weighted by molar-refractivity contribution is -0.139. The van der Waals surface area contributed by atoms with Crippen molar-refractivity contribution in [1.82, 2.24) is 4.57 Å². The molecule has 0 saturated carbocycles. The number of rotatable bonds is 6. The topological polar surface area (TPSA) is 67.1 Å². The minimum absolute atomic E-state index is 0.179. The number of benzene rings is 2. The average molecular weight is 491 g/mol. The van der Waals surface area contributed by atoms with Crippen molar-refractivity contribution >= 4 is 34.8 Å². The van der Waals surface area contributed by atoms with E-state index < -0.39 is 12.0 Å². The molecule has 0 amide bonds. The molecule has 2 heterocycles. The quantitative estimate of drug-likeness (QED) is 0.497. The molecule has 182 valence electrons. The Morgan fingerprint density at radius 1 is 1.03 bits per heavy atom. The van der Waals surface area contributed by atoms with E-state index in [1.165, 1.54) is 11.3 Å². The second kappa shape index (κ2) is 9.92. The summed E-state index contributed by atoms with van der Waals surface area (Å²) in [6.45, 7) is 3.81. The zero-order valence-corrected chi connectivity index (χ0v) is 21.7. The minimum Gasteiger partial charge on any atom is -0.463 e. The fraction of sp³-hybridized carbons (Fsp3) is 0.296. The van der Waals surface area contributed by atoms with Crippen LogP contribution in [0.2, 0.25) is 0 Å². The van der Waals surface area contributed by atoms with Gasteiger partial charge in [0.15, 0.2) is 4.80 Å². The molecule has 4 rings (SSSR count). The zero-order chi connectivity index (χ0) is 25.3. The Hall–Kier alpha value is -3.65. The fourth-order valence-corrected chi connectivity index (χ4v) is 5.13. The molecule has 1 atom stereocenters. The molecule has 0 aliphatic carbocycles. The Balaban J connectivity index is 1.88. The van der Waals surface area contributed by atoms with Gasteiger partial charge in [0.1, 0.15) is 0 Å². The predicted octanol–water partition coefficient (Wildman–Crippen LogP) is 2.93. The van der Waals surface area contributed by atoms with Crippen molar-refractivity contribution in [2.45, 2.75) is 19.9 Å². The van der Waals surface area contributed by atoms with Gasteiger partial charge in [0.05, 0.1) is 28.5 Å². The summed E-state index contributed by atoms with van der Waals surface area (Å²) in [5, 5.41) is 0. The first kappa shape index (κ1) is 24.5. The van der Waals surface area contributed by atoms with Crippen LogP contribution >= 0.6 is 11.3 Å². The first-order valence-electron chi connectivity index (χ1n) is 11.5. The van der Waals surface area contributed by atoms with E-state index in [1.54, 1.807) is 18.4 Å². The molecule has 0 fully saturated rings. The Bertz CT molecular complexity index is 1450. The second-order valence-electron chi connectivity index (χ2n) is 8.77. The normalized spacial score (nSPS) is 15.5. The van der Waals surface area contributed by atoms with Crippen LogP contribution in [-0.2, 0) is 9.53 Å². The third kappa shape index (κ3) is 4.79. The van der Waals surface area contributed by atoms with Crippen LogP contribution < -0.4 is 24.7 Å². The average Bonchev–Trinajstić information content (AvgIpc) is 3.13. The van der Waals surface area contributed by atoms with Gasteiger partial charge >= 0.3 is 5.97 Å². The van der Waals surface area contributed by atoms with E-state index in [1.807, 2.05) is 92.6 Å². The molecule has 0 radical (unpaired) electrons. The summed E-state index contributed by atoms with van der Waals surface area (Å²) in [7, 11) is 7.91. The Morgan fingerprint density at radius 3 is 2.14 bits per heavy atom. The fourth-order valence-electron chi connectivity index (χ4n) is 4.08. The van der Waals surface area contributed by atoms with E-state index in [0.717, 1.165) is 22.5 Å². The summed E-state index contributed by atoms with van der Waals surface area (Å²) in [6.07, 6.45) is 1.87. The molecule has 1 aromatic heterocycles. The number of ether oxygens (including phenoxy) is 1. The summed E-state index contributed by atoms with van der Waals surface area (Å²) in [5.74, 6) is -0.455. The van der Waals surface area contributed by atoms with Gasteiger partial charge in [-0.2, -0.15) is 0 Å². The first-order chi connectivity index (χ1) is 16.7. The highest BCUT2D eigenvalue weighted by atomic mass is 32.1. The van der Waals surface area contributed by atoms with E-state index in [2.05, 4.69) is 4.99 Å². The molecule has 1 unspecified atom stereocenters. The molecule has 3 aromatic rings. The third-order valence-corrected chi connectivity index (χ3v) is 6.93. The smallest absolute Gasteiger partial charge is 0.338 e. The van der Waals surface area contributed by atoms with Crippen LogP contribution in [0.5, 0.6) is 0 Å². The number of allylic oxidation sites excluding steroid dienone is 1. The van der Waals surface area contributed by atoms with E-state index in [9.17, 15) is 9.59 Å². The molecule has 8 heteroatoms. The van der Waals surface area contributed by atoms with Crippen molar-refractivity contribution in [3.05, 3.63) is 90.6 Å². The van der Waals surface area contributed by atoms with Gasteiger partial charge in [-0.3, -0.25) is 9.36 Å². The van der Waals surface area contributed by atoms with Crippen molar-refractivity contribution in [2.24, 2.45) is 4.99 Å². The molecule has 35 heavy (non-hydrogen) atoms. The van der Waals surface area contributed by atoms with Crippen molar-refractivity contribution in [1.29, 1.82) is 0 Å². The van der Waals surface area contributed by atoms with Gasteiger partial charge in [0.25, 0.3) is 5.56 Å². The molecular weight excluding hydrogens is 460 g/mol. The van der Waals surface area contributed by atoms with Gasteiger partial charge in [-0.1, -0.05) is 35.6 Å². The molecule has 0 spiro atoms. The number of hydrogen-bond acceptors (Lipinski definition) is 7. The maximum Gasteiger partial charge on any atom is 0.338 e. The highest BCUT2D eigenvalue weighted by Gasteiger charge is 2.33. The van der Waals surface area contributed by atoms with Gasteiger partial charge in [-0.05, 0) is 55.3 Å². The standard InChI is InChI=1S/C27H30N4O3S/c1-7-34-26(33)23-17(2)28-27-31(24(23)19-10-14-21(15-11-19)30(5)6)25(32)22(35-27)16-18-8-12-20(13-9-18)29(3)4/h8-16,24H,7H2,1-6H3/b22-16-. The molecule has 0 bridgehead atoms. The number of carbonyl (C=O) groups is 1. The number of nitrogens with zero attached hydrogens (tertiary/aromatic N) is 4. The number of fused-ring (bicyclic) bond motifs is 1. The zero-order valence-electron chi connectivity index (χ0n) is 20.9. The number of esters is 1. The van der Waals surface area contributed by atoms with Gasteiger partial charge in [-0.15, -0.1) is 0 Å². The molecule has 1 aliphatic rings. The van der Waals surface area contributed by atoms with Crippen molar-refractivity contribution in [2.75, 3.05) is 44.6 Å². The van der Waals surface area contributed by atoms with Gasteiger partial charge in [0.2, 0.25) is 0 Å². The van der Waals surface area contributed by atoms with Crippen molar-refractivity contribution < 1.29 is 9.53 Å². The molecule has 2 aromatic carbocycles.